The number of nitriles is 1. The van der Waals surface area contributed by atoms with Crippen LogP contribution in [0.1, 0.15) is 27.2 Å². The molecule has 0 radical (unpaired) electrons. The minimum atomic E-state index is 0.205. The fourth-order valence-corrected chi connectivity index (χ4v) is 1.50. The zero-order valence-corrected chi connectivity index (χ0v) is 7.46. The highest BCUT2D eigenvalue weighted by atomic mass is 15.1. The molecule has 11 heavy (non-hydrogen) atoms. The topological polar surface area (TPSA) is 45.7 Å². The summed E-state index contributed by atoms with van der Waals surface area (Å²) in [4.78, 5) is 0. The normalized spacial score (nSPS) is 31.5. The van der Waals surface area contributed by atoms with Gasteiger partial charge in [-0.25, -0.2) is 0 Å². The molecule has 1 rings (SSSR count). The molecule has 0 aromatic carbocycles. The molecule has 0 aromatic heterocycles. The highest BCUT2D eigenvalue weighted by Gasteiger charge is 2.38. The van der Waals surface area contributed by atoms with E-state index in [1.165, 1.54) is 0 Å². The van der Waals surface area contributed by atoms with Crippen LogP contribution < -0.4 is 5.32 Å². The van der Waals surface area contributed by atoms with Gasteiger partial charge in [-0.1, -0.05) is 13.8 Å². The van der Waals surface area contributed by atoms with Gasteiger partial charge in [-0.3, -0.25) is 0 Å². The first-order valence-electron chi connectivity index (χ1n) is 4.30. The summed E-state index contributed by atoms with van der Waals surface area (Å²) in [5, 5.41) is 11.9. The smallest absolute Gasteiger partial charge is 0.0653 e. The number of nitrogens with one attached hydrogen (secondary N) is 1. The van der Waals surface area contributed by atoms with E-state index in [1.54, 1.807) is 0 Å². The molecule has 0 amide bonds. The Bertz CT molecular complexity index is 169. The van der Waals surface area contributed by atoms with Gasteiger partial charge in [-0.05, 0) is 19.3 Å². The Kier molecular flexibility index (Phi) is 2.51. The fraction of sp³-hybridized carbons (Fsp3) is 0.889. The second-order valence-corrected chi connectivity index (χ2v) is 3.81. The van der Waals surface area contributed by atoms with Crippen LogP contribution >= 0.6 is 0 Å². The molecule has 0 bridgehead atoms. The van der Waals surface area contributed by atoms with E-state index in [0.29, 0.717) is 18.0 Å². The molecule has 0 aliphatic carbocycles. The van der Waals surface area contributed by atoms with Gasteiger partial charge in [0.1, 0.15) is 0 Å². The third-order valence-corrected chi connectivity index (χ3v) is 2.28. The first-order chi connectivity index (χ1) is 5.15. The van der Waals surface area contributed by atoms with Crippen LogP contribution in [0.5, 0.6) is 0 Å². The van der Waals surface area contributed by atoms with Crippen molar-refractivity contribution in [3.8, 4) is 6.07 Å². The summed E-state index contributed by atoms with van der Waals surface area (Å²) in [6.45, 7) is 6.42. The summed E-state index contributed by atoms with van der Waals surface area (Å²) in [6.07, 6.45) is 1.01. The molecule has 62 valence electrons. The molecule has 1 saturated heterocycles. The predicted molar refractivity (Wildman–Crippen MR) is 44.9 cm³/mol. The van der Waals surface area contributed by atoms with Crippen LogP contribution in [-0.4, -0.2) is 12.1 Å². The van der Waals surface area contributed by atoms with Crippen LogP contribution in [0.3, 0.4) is 0 Å². The summed E-state index contributed by atoms with van der Waals surface area (Å²) in [6, 6.07) is 3.54. The van der Waals surface area contributed by atoms with Gasteiger partial charge < -0.3 is 5.32 Å². The minimum Gasteiger partial charge on any atom is -0.308 e. The fourth-order valence-electron chi connectivity index (χ4n) is 1.50. The minimum absolute atomic E-state index is 0.205. The maximum absolute atomic E-state index is 8.56. The summed E-state index contributed by atoms with van der Waals surface area (Å²) < 4.78 is 0. The van der Waals surface area contributed by atoms with Gasteiger partial charge in [0.2, 0.25) is 0 Å². The largest absolute Gasteiger partial charge is 0.308 e. The van der Waals surface area contributed by atoms with Gasteiger partial charge in [-0.15, -0.1) is 0 Å². The lowest BCUT2D eigenvalue weighted by Gasteiger charge is -2.01. The Morgan fingerprint density at radius 1 is 1.45 bits per heavy atom. The van der Waals surface area contributed by atoms with Crippen molar-refractivity contribution in [1.82, 2.24) is 5.32 Å². The third-order valence-electron chi connectivity index (χ3n) is 2.28. The molecular weight excluding hydrogens is 136 g/mol. The Balaban J connectivity index is 2.19. The van der Waals surface area contributed by atoms with Gasteiger partial charge >= 0.3 is 0 Å². The Morgan fingerprint density at radius 2 is 2.09 bits per heavy atom. The van der Waals surface area contributed by atoms with Crippen LogP contribution in [-0.2, 0) is 0 Å². The van der Waals surface area contributed by atoms with Crippen molar-refractivity contribution in [3.05, 3.63) is 0 Å². The van der Waals surface area contributed by atoms with Gasteiger partial charge in [0.05, 0.1) is 6.07 Å². The van der Waals surface area contributed by atoms with E-state index >= 15 is 0 Å². The summed E-state index contributed by atoms with van der Waals surface area (Å²) in [5.74, 6) is 0.919. The zero-order valence-electron chi connectivity index (χ0n) is 7.46. The van der Waals surface area contributed by atoms with Gasteiger partial charge in [0, 0.05) is 18.0 Å². The summed E-state index contributed by atoms with van der Waals surface area (Å²) in [7, 11) is 0. The Hall–Kier alpha value is -0.550. The SMILES string of the molecule is CC(C#N)CC1NC1C(C)C. The Morgan fingerprint density at radius 3 is 2.45 bits per heavy atom. The van der Waals surface area contributed by atoms with E-state index < -0.39 is 0 Å². The monoisotopic (exact) mass is 152 g/mol. The molecule has 3 unspecified atom stereocenters. The number of rotatable bonds is 3. The average Bonchev–Trinajstić information content (AvgIpc) is 2.67. The molecule has 1 N–H and O–H groups in total. The summed E-state index contributed by atoms with van der Waals surface area (Å²) in [5.41, 5.74) is 0. The zero-order chi connectivity index (χ0) is 8.43. The van der Waals surface area contributed by atoms with Crippen molar-refractivity contribution >= 4 is 0 Å². The van der Waals surface area contributed by atoms with E-state index in [9.17, 15) is 0 Å². The van der Waals surface area contributed by atoms with Crippen molar-refractivity contribution in [2.75, 3.05) is 0 Å². The number of hydrogen-bond donors (Lipinski definition) is 1. The maximum atomic E-state index is 8.56. The third kappa shape index (κ3) is 2.20. The lowest BCUT2D eigenvalue weighted by Crippen LogP contribution is -2.05. The molecular formula is C9H16N2. The van der Waals surface area contributed by atoms with E-state index in [4.69, 9.17) is 5.26 Å². The quantitative estimate of drug-likeness (QED) is 0.623. The molecule has 0 aromatic rings. The highest BCUT2D eigenvalue weighted by molar-refractivity contribution is 5.02. The van der Waals surface area contributed by atoms with Crippen LogP contribution in [0.15, 0.2) is 0 Å². The number of hydrogen-bond acceptors (Lipinski definition) is 2. The lowest BCUT2D eigenvalue weighted by molar-refractivity contribution is 0.578. The van der Waals surface area contributed by atoms with E-state index in [0.717, 1.165) is 6.42 Å². The standard InChI is InChI=1S/C9H16N2/c1-6(2)9-8(11-9)4-7(3)5-10/h6-9,11H,4H2,1-3H3. The summed E-state index contributed by atoms with van der Waals surface area (Å²) >= 11 is 0. The van der Waals surface area contributed by atoms with Gasteiger partial charge in [0.15, 0.2) is 0 Å². The van der Waals surface area contributed by atoms with E-state index in [1.807, 2.05) is 6.92 Å². The van der Waals surface area contributed by atoms with Crippen molar-refractivity contribution < 1.29 is 0 Å². The highest BCUT2D eigenvalue weighted by Crippen LogP contribution is 2.25. The lowest BCUT2D eigenvalue weighted by atomic mass is 10.0. The molecule has 1 aliphatic heterocycles. The molecule has 2 heteroatoms. The molecule has 0 saturated carbocycles. The average molecular weight is 152 g/mol. The van der Waals surface area contributed by atoms with Gasteiger partial charge in [0.25, 0.3) is 0 Å². The second-order valence-electron chi connectivity index (χ2n) is 3.81. The molecule has 3 atom stereocenters. The Labute approximate surface area is 68.6 Å². The number of nitrogens with zero attached hydrogens (tertiary/aromatic N) is 1. The first-order valence-corrected chi connectivity index (χ1v) is 4.30. The van der Waals surface area contributed by atoms with Gasteiger partial charge in [-0.2, -0.15) is 5.26 Å². The van der Waals surface area contributed by atoms with Crippen LogP contribution in [0, 0.1) is 23.2 Å². The van der Waals surface area contributed by atoms with Crippen molar-refractivity contribution in [2.45, 2.75) is 39.3 Å². The molecule has 1 fully saturated rings. The van der Waals surface area contributed by atoms with Crippen molar-refractivity contribution in [2.24, 2.45) is 11.8 Å². The van der Waals surface area contributed by atoms with E-state index in [-0.39, 0.29) is 5.92 Å². The predicted octanol–water partition coefficient (Wildman–Crippen LogP) is 1.53. The van der Waals surface area contributed by atoms with E-state index in [2.05, 4.69) is 25.2 Å². The maximum Gasteiger partial charge on any atom is 0.0653 e. The van der Waals surface area contributed by atoms with Crippen LogP contribution in [0.2, 0.25) is 0 Å². The van der Waals surface area contributed by atoms with Crippen LogP contribution in [0.4, 0.5) is 0 Å². The molecule has 1 heterocycles. The first kappa shape index (κ1) is 8.55. The molecule has 0 spiro atoms. The molecule has 1 aliphatic rings. The second kappa shape index (κ2) is 3.23. The van der Waals surface area contributed by atoms with Crippen molar-refractivity contribution in [3.63, 3.8) is 0 Å². The van der Waals surface area contributed by atoms with Crippen molar-refractivity contribution in [1.29, 1.82) is 5.26 Å². The van der Waals surface area contributed by atoms with Crippen LogP contribution in [0.25, 0.3) is 0 Å². The molecule has 2 nitrogen and oxygen atoms in total.